The first-order valence-electron chi connectivity index (χ1n) is 3.43. The molecule has 0 unspecified atom stereocenters. The van der Waals surface area contributed by atoms with E-state index in [0.29, 0.717) is 0 Å². The molecular weight excluding hydrogens is 276 g/mol. The summed E-state index contributed by atoms with van der Waals surface area (Å²) in [5, 5.41) is 8.61. The summed E-state index contributed by atoms with van der Waals surface area (Å²) >= 11 is 15.8. The van der Waals surface area contributed by atoms with Crippen molar-refractivity contribution in [3.63, 3.8) is 0 Å². The number of hydrogen-bond acceptors (Lipinski definition) is 3. The first-order chi connectivity index (χ1) is 5.69. The Morgan fingerprint density at radius 2 is 1.86 bits per heavy atom. The number of rotatable bonds is 3. The topological polar surface area (TPSA) is 46.5 Å². The molecule has 0 spiro atoms. The second kappa shape index (κ2) is 6.20. The van der Waals surface area contributed by atoms with Crippen LogP contribution in [0.4, 0.5) is 0 Å². The van der Waals surface area contributed by atoms with Crippen molar-refractivity contribution < 1.29 is 31.8 Å². The number of hydrogen-bond donors (Lipinski definition) is 1. The van der Waals surface area contributed by atoms with Crippen molar-refractivity contribution in [2.24, 2.45) is 0 Å². The second-order valence-electron chi connectivity index (χ2n) is 2.90. The van der Waals surface area contributed by atoms with Crippen molar-refractivity contribution >= 4 is 40.8 Å². The summed E-state index contributed by atoms with van der Waals surface area (Å²) < 4.78 is -2.27. The highest BCUT2D eigenvalue weighted by Crippen LogP contribution is 2.28. The number of carbonyl (C=O) groups excluding carboxylic acids is 1. The van der Waals surface area contributed by atoms with Crippen LogP contribution < -0.4 is 12.4 Å². The van der Waals surface area contributed by atoms with E-state index in [4.69, 9.17) is 44.7 Å². The minimum Gasteiger partial charge on any atom is -1.00 e. The highest BCUT2D eigenvalue weighted by molar-refractivity contribution is 6.75. The molecule has 86 valence electrons. The highest BCUT2D eigenvalue weighted by atomic mass is 35.6. The van der Waals surface area contributed by atoms with E-state index in [1.165, 1.54) is 0 Å². The number of quaternary nitrogens is 1. The van der Waals surface area contributed by atoms with Gasteiger partial charge in [0.25, 0.3) is 3.79 Å². The zero-order chi connectivity index (χ0) is 10.7. The lowest BCUT2D eigenvalue weighted by atomic mass is 10.6. The predicted octanol–water partition coefficient (Wildman–Crippen LogP) is -2.11. The van der Waals surface area contributed by atoms with Gasteiger partial charge in [0.2, 0.25) is 0 Å². The molecule has 0 aromatic rings. The van der Waals surface area contributed by atoms with E-state index < -0.39 is 9.76 Å². The molecule has 0 aliphatic carbocycles. The van der Waals surface area contributed by atoms with Crippen LogP contribution >= 0.6 is 34.8 Å². The zero-order valence-corrected chi connectivity index (χ0v) is 10.7. The predicted molar refractivity (Wildman–Crippen MR) is 50.4 cm³/mol. The summed E-state index contributed by atoms with van der Waals surface area (Å²) in [7, 11) is 3.12. The Morgan fingerprint density at radius 1 is 1.43 bits per heavy atom. The van der Waals surface area contributed by atoms with Crippen LogP contribution in [-0.2, 0) is 9.63 Å². The first-order valence-corrected chi connectivity index (χ1v) is 4.57. The lowest BCUT2D eigenvalue weighted by molar-refractivity contribution is -1.06. The normalized spacial score (nSPS) is 11.9. The Bertz CT molecular complexity index is 192. The van der Waals surface area contributed by atoms with Gasteiger partial charge in [-0.2, -0.15) is 0 Å². The summed E-state index contributed by atoms with van der Waals surface area (Å²) in [6, 6.07) is 0. The van der Waals surface area contributed by atoms with E-state index >= 15 is 0 Å². The van der Waals surface area contributed by atoms with Crippen molar-refractivity contribution in [3.8, 4) is 0 Å². The Hall–Kier alpha value is 0.550. The molecule has 1 N–H and O–H groups in total. The van der Waals surface area contributed by atoms with Gasteiger partial charge in [0.15, 0.2) is 0 Å². The molecule has 0 amide bonds. The molecule has 0 aromatic heterocycles. The maximum atomic E-state index is 11.0. The summed E-state index contributed by atoms with van der Waals surface area (Å²) in [5.41, 5.74) is 0. The summed E-state index contributed by atoms with van der Waals surface area (Å²) in [5.74, 6) is -0.962. The quantitative estimate of drug-likeness (QED) is 0.367. The molecule has 0 aliphatic rings. The Balaban J connectivity index is 0. The monoisotopic (exact) mass is 285 g/mol. The lowest BCUT2D eigenvalue weighted by Gasteiger charge is -2.26. The van der Waals surface area contributed by atoms with Gasteiger partial charge in [0.1, 0.15) is 20.6 Å². The van der Waals surface area contributed by atoms with Crippen LogP contribution in [0.3, 0.4) is 0 Å². The molecular formula is C6H11Cl4NO3. The minimum absolute atomic E-state index is 0. The lowest BCUT2D eigenvalue weighted by Crippen LogP contribution is -3.00. The summed E-state index contributed by atoms with van der Waals surface area (Å²) in [6.45, 7) is 0.104. The number of alkyl halides is 3. The van der Waals surface area contributed by atoms with Gasteiger partial charge in [-0.15, -0.1) is 4.65 Å². The molecule has 0 saturated carbocycles. The van der Waals surface area contributed by atoms with Gasteiger partial charge >= 0.3 is 5.97 Å². The Morgan fingerprint density at radius 3 is 2.14 bits per heavy atom. The van der Waals surface area contributed by atoms with Gasteiger partial charge in [-0.05, 0) is 0 Å². The van der Waals surface area contributed by atoms with Crippen molar-refractivity contribution in [1.29, 1.82) is 0 Å². The fraction of sp³-hybridized carbons (Fsp3) is 0.833. The van der Waals surface area contributed by atoms with Gasteiger partial charge < -0.3 is 17.5 Å². The van der Waals surface area contributed by atoms with Crippen molar-refractivity contribution in [1.82, 2.24) is 0 Å². The molecule has 0 rings (SSSR count). The molecule has 0 radical (unpaired) electrons. The maximum absolute atomic E-state index is 11.0. The standard InChI is InChI=1S/C6H11Cl3NO3.ClH/c1-10(2,3-4-11)13-5(12)6(7,8)9;/h11H,3-4H2,1-2H3;1H/q+1;/p-1. The molecule has 0 aliphatic heterocycles. The fourth-order valence-electron chi connectivity index (χ4n) is 0.563. The smallest absolute Gasteiger partial charge is 0.417 e. The molecule has 0 atom stereocenters. The number of likely N-dealkylation sites (N-methyl/N-ethyl adjacent to an activating group) is 1. The molecule has 0 heterocycles. The van der Waals surface area contributed by atoms with E-state index in [1.54, 1.807) is 14.1 Å². The summed E-state index contributed by atoms with van der Waals surface area (Å²) in [4.78, 5) is 15.8. The fourth-order valence-corrected chi connectivity index (χ4v) is 0.666. The zero-order valence-electron chi connectivity index (χ0n) is 7.64. The molecule has 0 saturated heterocycles. The van der Waals surface area contributed by atoms with Gasteiger partial charge in [-0.3, -0.25) is 4.84 Å². The summed E-state index contributed by atoms with van der Waals surface area (Å²) in [6.07, 6.45) is 0. The third kappa shape index (κ3) is 6.92. The molecule has 8 heteroatoms. The Labute approximate surface area is 104 Å². The number of nitrogens with zero attached hydrogens (tertiary/aromatic N) is 1. The number of hydroxylamine groups is 3. The minimum atomic E-state index is -2.08. The third-order valence-electron chi connectivity index (χ3n) is 1.20. The van der Waals surface area contributed by atoms with Crippen molar-refractivity contribution in [3.05, 3.63) is 0 Å². The largest absolute Gasteiger partial charge is 1.00 e. The van der Waals surface area contributed by atoms with E-state index in [9.17, 15) is 4.79 Å². The second-order valence-corrected chi connectivity index (χ2v) is 5.18. The first kappa shape index (κ1) is 17.0. The molecule has 4 nitrogen and oxygen atoms in total. The van der Waals surface area contributed by atoms with E-state index in [1.807, 2.05) is 0 Å². The van der Waals surface area contributed by atoms with Crippen LogP contribution in [0.25, 0.3) is 0 Å². The highest BCUT2D eigenvalue weighted by Gasteiger charge is 2.38. The number of carbonyl (C=O) groups is 1. The van der Waals surface area contributed by atoms with Crippen LogP contribution in [0.5, 0.6) is 0 Å². The SMILES string of the molecule is C[N+](C)(CCO)OC(=O)C(Cl)(Cl)Cl.[Cl-]. The van der Waals surface area contributed by atoms with E-state index in [2.05, 4.69) is 0 Å². The van der Waals surface area contributed by atoms with Crippen molar-refractivity contribution in [2.75, 3.05) is 27.2 Å². The van der Waals surface area contributed by atoms with Crippen LogP contribution in [0.1, 0.15) is 0 Å². The van der Waals surface area contributed by atoms with Crippen LogP contribution in [0.15, 0.2) is 0 Å². The van der Waals surface area contributed by atoms with Crippen LogP contribution in [-0.4, -0.2) is 46.8 Å². The van der Waals surface area contributed by atoms with E-state index in [-0.39, 0.29) is 30.2 Å². The average molecular weight is 287 g/mol. The molecule has 14 heavy (non-hydrogen) atoms. The van der Waals surface area contributed by atoms with Crippen LogP contribution in [0, 0.1) is 0 Å². The maximum Gasteiger partial charge on any atom is 0.417 e. The average Bonchev–Trinajstić information content (AvgIpc) is 1.83. The Kier molecular flexibility index (Phi) is 7.51. The molecule has 0 bridgehead atoms. The van der Waals surface area contributed by atoms with E-state index in [0.717, 1.165) is 0 Å². The van der Waals surface area contributed by atoms with Gasteiger partial charge in [-0.25, -0.2) is 4.79 Å². The number of aliphatic hydroxyl groups excluding tert-OH is 1. The van der Waals surface area contributed by atoms with Gasteiger partial charge in [0.05, 0.1) is 6.61 Å². The molecule has 0 aromatic carbocycles. The van der Waals surface area contributed by atoms with Crippen molar-refractivity contribution in [2.45, 2.75) is 3.79 Å². The molecule has 0 fully saturated rings. The van der Waals surface area contributed by atoms with Gasteiger partial charge in [0, 0.05) is 0 Å². The number of halogens is 4. The van der Waals surface area contributed by atoms with Crippen LogP contribution in [0.2, 0.25) is 0 Å². The number of aliphatic hydroxyl groups is 1. The third-order valence-corrected chi connectivity index (χ3v) is 1.66. The van der Waals surface area contributed by atoms with Gasteiger partial charge in [-0.1, -0.05) is 34.8 Å².